The van der Waals surface area contributed by atoms with Crippen LogP contribution in [0.5, 0.6) is 0 Å². The minimum absolute atomic E-state index is 0.242. The highest BCUT2D eigenvalue weighted by atomic mass is 32.2. The standard InChI is InChI=1S/C8H7N3O2.H3NO3S/c9-5-3-1-2-4-6(5)8(13)11-10-7(4)12;1-5(2,3)4/h1-3H,9H2,(H,10,12)(H,11,13);(H3,1,2,3,4). The fourth-order valence-corrected chi connectivity index (χ4v) is 1.26. The van der Waals surface area contributed by atoms with E-state index >= 15 is 0 Å². The van der Waals surface area contributed by atoms with E-state index in [0.29, 0.717) is 11.1 Å². The molecule has 1 aromatic carbocycles. The number of nitrogens with one attached hydrogen (secondary N) is 2. The minimum atomic E-state index is -4.17. The third kappa shape index (κ3) is 3.69. The normalized spacial score (nSPS) is 10.8. The number of hydrogen-bond acceptors (Lipinski definition) is 5. The quantitative estimate of drug-likeness (QED) is 0.290. The van der Waals surface area contributed by atoms with Gasteiger partial charge in [0, 0.05) is 5.69 Å². The number of nitrogens with two attached hydrogens (primary N) is 2. The van der Waals surface area contributed by atoms with Crippen molar-refractivity contribution in [3.63, 3.8) is 0 Å². The number of aromatic amines is 2. The summed E-state index contributed by atoms with van der Waals surface area (Å²) in [7, 11) is -4.17. The highest BCUT2D eigenvalue weighted by molar-refractivity contribution is 7.83. The molecule has 0 saturated carbocycles. The molecule has 7 N–H and O–H groups in total. The van der Waals surface area contributed by atoms with Crippen molar-refractivity contribution in [3.05, 3.63) is 38.9 Å². The van der Waals surface area contributed by atoms with Gasteiger partial charge in [-0.3, -0.25) is 24.3 Å². The van der Waals surface area contributed by atoms with Crippen molar-refractivity contribution in [1.82, 2.24) is 10.2 Å². The van der Waals surface area contributed by atoms with E-state index in [1.165, 1.54) is 0 Å². The third-order valence-corrected chi connectivity index (χ3v) is 1.86. The average molecular weight is 274 g/mol. The first-order valence-corrected chi connectivity index (χ1v) is 5.95. The Morgan fingerprint density at radius 3 is 2.11 bits per heavy atom. The maximum Gasteiger partial charge on any atom is 0.330 e. The van der Waals surface area contributed by atoms with Gasteiger partial charge >= 0.3 is 10.3 Å². The van der Waals surface area contributed by atoms with Crippen LogP contribution in [0, 0.1) is 0 Å². The second-order valence-corrected chi connectivity index (χ2v) is 4.22. The molecule has 0 atom stereocenters. The van der Waals surface area contributed by atoms with Crippen molar-refractivity contribution < 1.29 is 13.0 Å². The zero-order valence-electron chi connectivity index (χ0n) is 8.88. The second-order valence-electron chi connectivity index (χ2n) is 3.19. The summed E-state index contributed by atoms with van der Waals surface area (Å²) < 4.78 is 25.2. The van der Waals surface area contributed by atoms with Crippen LogP contribution in [0.1, 0.15) is 0 Å². The first-order valence-electron chi connectivity index (χ1n) is 4.44. The van der Waals surface area contributed by atoms with E-state index in [2.05, 4.69) is 15.3 Å². The van der Waals surface area contributed by atoms with Crippen LogP contribution in [0.15, 0.2) is 27.8 Å². The monoisotopic (exact) mass is 274 g/mol. The van der Waals surface area contributed by atoms with E-state index in [4.69, 9.17) is 18.7 Å². The van der Waals surface area contributed by atoms with Gasteiger partial charge in [-0.15, -0.1) is 0 Å². The van der Waals surface area contributed by atoms with Gasteiger partial charge in [-0.1, -0.05) is 6.07 Å². The van der Waals surface area contributed by atoms with Crippen molar-refractivity contribution >= 4 is 26.8 Å². The molecule has 0 amide bonds. The SMILES string of the molecule is NS(=O)(=O)O.Nc1cccc2c(=O)[nH][nH]c(=O)c12. The Labute approximate surface area is 100 Å². The molecule has 9 nitrogen and oxygen atoms in total. The van der Waals surface area contributed by atoms with Crippen LogP contribution in [0.3, 0.4) is 0 Å². The first-order chi connectivity index (χ1) is 8.20. The summed E-state index contributed by atoms with van der Waals surface area (Å²) in [5.74, 6) is 0. The molecule has 1 aromatic heterocycles. The van der Waals surface area contributed by atoms with Crippen molar-refractivity contribution in [3.8, 4) is 0 Å². The van der Waals surface area contributed by atoms with Crippen LogP contribution in [0.4, 0.5) is 5.69 Å². The van der Waals surface area contributed by atoms with Gasteiger partial charge in [0.05, 0.1) is 10.8 Å². The van der Waals surface area contributed by atoms with Gasteiger partial charge in [-0.2, -0.15) is 8.42 Å². The van der Waals surface area contributed by atoms with Gasteiger partial charge in [-0.05, 0) is 12.1 Å². The summed E-state index contributed by atoms with van der Waals surface area (Å²) in [6.45, 7) is 0. The Kier molecular flexibility index (Phi) is 3.86. The molecule has 0 fully saturated rings. The van der Waals surface area contributed by atoms with Crippen LogP contribution in [0.25, 0.3) is 10.8 Å². The van der Waals surface area contributed by atoms with Crippen molar-refractivity contribution in [2.75, 3.05) is 5.73 Å². The first kappa shape index (κ1) is 13.9. The van der Waals surface area contributed by atoms with E-state index < -0.39 is 10.3 Å². The van der Waals surface area contributed by atoms with E-state index in [1.54, 1.807) is 18.2 Å². The van der Waals surface area contributed by atoms with Crippen molar-refractivity contribution in [2.45, 2.75) is 0 Å². The number of H-pyrrole nitrogens is 2. The Morgan fingerprint density at radius 2 is 1.61 bits per heavy atom. The average Bonchev–Trinajstić information content (AvgIpc) is 2.21. The molecule has 18 heavy (non-hydrogen) atoms. The van der Waals surface area contributed by atoms with Gasteiger partial charge in [0.25, 0.3) is 11.1 Å². The molecule has 0 bridgehead atoms. The van der Waals surface area contributed by atoms with Crippen LogP contribution in [0.2, 0.25) is 0 Å². The number of anilines is 1. The predicted octanol–water partition coefficient (Wildman–Crippen LogP) is -1.45. The van der Waals surface area contributed by atoms with Gasteiger partial charge in [0.1, 0.15) is 0 Å². The van der Waals surface area contributed by atoms with Gasteiger partial charge in [0.2, 0.25) is 0 Å². The molecule has 0 spiro atoms. The highest BCUT2D eigenvalue weighted by Gasteiger charge is 2.04. The summed E-state index contributed by atoms with van der Waals surface area (Å²) in [5.41, 5.74) is 5.14. The van der Waals surface area contributed by atoms with E-state index in [-0.39, 0.29) is 16.5 Å². The summed E-state index contributed by atoms with van der Waals surface area (Å²) in [5, 5.41) is 8.86. The molecule has 0 aliphatic heterocycles. The molecule has 0 aliphatic rings. The molecule has 0 radical (unpaired) electrons. The van der Waals surface area contributed by atoms with E-state index in [9.17, 15) is 9.59 Å². The van der Waals surface area contributed by atoms with Crippen LogP contribution >= 0.6 is 0 Å². The third-order valence-electron chi connectivity index (χ3n) is 1.86. The van der Waals surface area contributed by atoms with Crippen molar-refractivity contribution in [1.29, 1.82) is 0 Å². The Balaban J connectivity index is 0.000000280. The highest BCUT2D eigenvalue weighted by Crippen LogP contribution is 2.11. The van der Waals surface area contributed by atoms with Crippen molar-refractivity contribution in [2.24, 2.45) is 5.14 Å². The maximum atomic E-state index is 11.2. The number of aromatic nitrogens is 2. The topological polar surface area (TPSA) is 172 Å². The Morgan fingerprint density at radius 1 is 1.11 bits per heavy atom. The molecular weight excluding hydrogens is 264 g/mol. The molecule has 0 saturated heterocycles. The number of benzene rings is 1. The Hall–Kier alpha value is -2.17. The summed E-state index contributed by atoms with van der Waals surface area (Å²) in [6, 6.07) is 4.77. The number of fused-ring (bicyclic) bond motifs is 1. The fourth-order valence-electron chi connectivity index (χ4n) is 1.26. The number of rotatable bonds is 0. The molecule has 2 rings (SSSR count). The predicted molar refractivity (Wildman–Crippen MR) is 65.3 cm³/mol. The van der Waals surface area contributed by atoms with Gasteiger partial charge in [-0.25, -0.2) is 5.14 Å². The molecule has 2 aromatic rings. The van der Waals surface area contributed by atoms with Crippen LogP contribution in [-0.4, -0.2) is 23.2 Å². The van der Waals surface area contributed by atoms with Crippen LogP contribution < -0.4 is 22.0 Å². The van der Waals surface area contributed by atoms with E-state index in [0.717, 1.165) is 0 Å². The fraction of sp³-hybridized carbons (Fsp3) is 0. The lowest BCUT2D eigenvalue weighted by molar-refractivity contribution is 0.485. The molecule has 0 unspecified atom stereocenters. The smallest absolute Gasteiger partial charge is 0.330 e. The second kappa shape index (κ2) is 5.00. The number of nitrogen functional groups attached to an aromatic ring is 1. The minimum Gasteiger partial charge on any atom is -0.398 e. The lowest BCUT2D eigenvalue weighted by Crippen LogP contribution is -2.19. The van der Waals surface area contributed by atoms with Gasteiger partial charge in [0.15, 0.2) is 0 Å². The van der Waals surface area contributed by atoms with Gasteiger partial charge < -0.3 is 5.73 Å². The van der Waals surface area contributed by atoms with E-state index in [1.807, 2.05) is 0 Å². The summed E-state index contributed by atoms with van der Waals surface area (Å²) >= 11 is 0. The molecular formula is C8H10N4O5S. The maximum absolute atomic E-state index is 11.2. The summed E-state index contributed by atoms with van der Waals surface area (Å²) in [4.78, 5) is 22.4. The molecule has 98 valence electrons. The zero-order chi connectivity index (χ0) is 13.9. The largest absolute Gasteiger partial charge is 0.398 e. The molecule has 10 heteroatoms. The molecule has 1 heterocycles. The lowest BCUT2D eigenvalue weighted by Gasteiger charge is -1.97. The Bertz CT molecular complexity index is 768. The lowest BCUT2D eigenvalue weighted by atomic mass is 10.2. The molecule has 0 aliphatic carbocycles. The summed E-state index contributed by atoms with van der Waals surface area (Å²) in [6.07, 6.45) is 0. The number of hydrogen-bond donors (Lipinski definition) is 5. The van der Waals surface area contributed by atoms with Crippen LogP contribution in [-0.2, 0) is 10.3 Å². The zero-order valence-corrected chi connectivity index (χ0v) is 9.69.